The molecular weight excluding hydrogens is 449 g/mol. The van der Waals surface area contributed by atoms with E-state index in [4.69, 9.17) is 32.7 Å². The van der Waals surface area contributed by atoms with E-state index in [1.807, 2.05) is 0 Å². The summed E-state index contributed by atoms with van der Waals surface area (Å²) in [5.41, 5.74) is 0.658. The summed E-state index contributed by atoms with van der Waals surface area (Å²) >= 11 is 16.0. The van der Waals surface area contributed by atoms with Crippen LogP contribution in [0, 0.1) is 0 Å². The molecule has 0 saturated carbocycles. The molecule has 0 aliphatic rings. The largest absolute Gasteiger partial charge is 0.497 e. The van der Waals surface area contributed by atoms with E-state index in [0.29, 0.717) is 17.1 Å². The van der Waals surface area contributed by atoms with Crippen LogP contribution < -0.4 is 14.2 Å². The molecule has 0 unspecified atom stereocenters. The van der Waals surface area contributed by atoms with E-state index in [1.54, 1.807) is 18.2 Å². The first kappa shape index (κ1) is 18.8. The monoisotopic (exact) mass is 459 g/mol. The lowest BCUT2D eigenvalue weighted by molar-refractivity contribution is 0.390. The Kier molecular flexibility index (Phi) is 6.21. The van der Waals surface area contributed by atoms with Crippen molar-refractivity contribution in [1.82, 2.24) is 4.72 Å². The number of hydrogen-bond acceptors (Lipinski definition) is 5. The maximum Gasteiger partial charge on any atom is 0.244 e. The number of halogens is 3. The fourth-order valence-electron chi connectivity index (χ4n) is 1.81. The second-order valence-electron chi connectivity index (χ2n) is 4.29. The van der Waals surface area contributed by atoms with Crippen LogP contribution in [0.4, 0.5) is 0 Å². The first-order chi connectivity index (χ1) is 10.8. The summed E-state index contributed by atoms with van der Waals surface area (Å²) < 4.78 is 38.3. The van der Waals surface area contributed by atoms with E-state index in [1.165, 1.54) is 14.2 Å². The lowest BCUT2D eigenvalue weighted by Crippen LogP contribution is -2.23. The molecule has 2 aromatic rings. The van der Waals surface area contributed by atoms with Gasteiger partial charge in [-0.2, -0.15) is 0 Å². The molecule has 0 spiro atoms. The van der Waals surface area contributed by atoms with Crippen molar-refractivity contribution in [1.29, 1.82) is 0 Å². The highest BCUT2D eigenvalue weighted by atomic mass is 79.9. The number of rotatable bonds is 6. The molecule has 0 amide bonds. The molecule has 1 aromatic carbocycles. The summed E-state index contributed by atoms with van der Waals surface area (Å²) in [5.74, 6) is 1.13. The minimum Gasteiger partial charge on any atom is -0.497 e. The summed E-state index contributed by atoms with van der Waals surface area (Å²) in [4.78, 5) is -0.0679. The quantitative estimate of drug-likeness (QED) is 0.697. The summed E-state index contributed by atoms with van der Waals surface area (Å²) in [7, 11) is -0.792. The van der Waals surface area contributed by atoms with Gasteiger partial charge in [-0.1, -0.05) is 29.3 Å². The highest BCUT2D eigenvalue weighted by molar-refractivity contribution is 9.10. The zero-order valence-electron chi connectivity index (χ0n) is 12.0. The fourth-order valence-corrected chi connectivity index (χ4v) is 6.37. The third-order valence-corrected chi connectivity index (χ3v) is 7.81. The Morgan fingerprint density at radius 3 is 2.43 bits per heavy atom. The van der Waals surface area contributed by atoms with Crippen LogP contribution in [0.1, 0.15) is 5.56 Å². The van der Waals surface area contributed by atoms with Crippen molar-refractivity contribution < 1.29 is 17.9 Å². The predicted octanol–water partition coefficient (Wildman–Crippen LogP) is 4.31. The molecule has 0 saturated heterocycles. The van der Waals surface area contributed by atoms with E-state index in [2.05, 4.69) is 20.7 Å². The number of ether oxygens (including phenoxy) is 2. The van der Waals surface area contributed by atoms with E-state index >= 15 is 0 Å². The van der Waals surface area contributed by atoms with Gasteiger partial charge in [0.15, 0.2) is 0 Å². The van der Waals surface area contributed by atoms with Gasteiger partial charge in [-0.15, -0.1) is 11.3 Å². The molecule has 0 radical (unpaired) electrons. The molecular formula is C13H12BrCl2NO4S2. The molecule has 1 heterocycles. The first-order valence-electron chi connectivity index (χ1n) is 6.14. The third-order valence-electron chi connectivity index (χ3n) is 2.95. The van der Waals surface area contributed by atoms with Gasteiger partial charge >= 0.3 is 0 Å². The van der Waals surface area contributed by atoms with Crippen LogP contribution in [0.2, 0.25) is 8.67 Å². The molecule has 23 heavy (non-hydrogen) atoms. The van der Waals surface area contributed by atoms with Crippen molar-refractivity contribution in [2.45, 2.75) is 11.4 Å². The molecule has 0 aliphatic carbocycles. The van der Waals surface area contributed by atoms with Gasteiger partial charge < -0.3 is 9.47 Å². The van der Waals surface area contributed by atoms with Crippen molar-refractivity contribution in [3.63, 3.8) is 0 Å². The molecule has 0 bridgehead atoms. The zero-order valence-corrected chi connectivity index (χ0v) is 16.8. The Hall–Kier alpha value is -0.510. The molecule has 5 nitrogen and oxygen atoms in total. The Balaban J connectivity index is 2.26. The topological polar surface area (TPSA) is 64.6 Å². The van der Waals surface area contributed by atoms with Crippen LogP contribution in [0.3, 0.4) is 0 Å². The van der Waals surface area contributed by atoms with Gasteiger partial charge in [0, 0.05) is 18.2 Å². The van der Waals surface area contributed by atoms with Crippen molar-refractivity contribution in [3.8, 4) is 11.5 Å². The predicted molar refractivity (Wildman–Crippen MR) is 95.6 cm³/mol. The average Bonchev–Trinajstić information content (AvgIpc) is 2.78. The zero-order chi connectivity index (χ0) is 17.2. The number of nitrogens with one attached hydrogen (secondary N) is 1. The van der Waals surface area contributed by atoms with Crippen molar-refractivity contribution >= 4 is 60.5 Å². The van der Waals surface area contributed by atoms with Gasteiger partial charge in [0.2, 0.25) is 10.0 Å². The van der Waals surface area contributed by atoms with Gasteiger partial charge in [-0.3, -0.25) is 0 Å². The number of sulfonamides is 1. The van der Waals surface area contributed by atoms with Gasteiger partial charge in [0.1, 0.15) is 25.1 Å². The minimum absolute atomic E-state index is 0.0335. The van der Waals surface area contributed by atoms with Crippen molar-refractivity contribution in [3.05, 3.63) is 36.9 Å². The number of thiophene rings is 1. The van der Waals surface area contributed by atoms with E-state index in [0.717, 1.165) is 11.3 Å². The van der Waals surface area contributed by atoms with Gasteiger partial charge in [-0.05, 0) is 22.0 Å². The maximum atomic E-state index is 12.4. The van der Waals surface area contributed by atoms with E-state index in [-0.39, 0.29) is 24.6 Å². The third kappa shape index (κ3) is 4.12. The smallest absolute Gasteiger partial charge is 0.244 e. The lowest BCUT2D eigenvalue weighted by Gasteiger charge is -2.11. The van der Waals surface area contributed by atoms with Crippen LogP contribution in [0.25, 0.3) is 0 Å². The van der Waals surface area contributed by atoms with Crippen molar-refractivity contribution in [2.24, 2.45) is 0 Å². The Bertz CT molecular complexity index is 824. The standard InChI is InChI=1S/C13H12BrCl2NO4S2/c1-20-8-4-3-7(9(5-8)21-2)6-17-23(18,19)11-10(14)12(15)22-13(11)16/h3-5,17H,6H2,1-2H3. The second-order valence-corrected chi connectivity index (χ2v) is 9.02. The molecule has 1 aromatic heterocycles. The van der Waals surface area contributed by atoms with Crippen LogP contribution >= 0.6 is 50.5 Å². The fraction of sp³-hybridized carbons (Fsp3) is 0.231. The Labute approximate surface area is 156 Å². The van der Waals surface area contributed by atoms with Crippen LogP contribution in [-0.4, -0.2) is 22.6 Å². The summed E-state index contributed by atoms with van der Waals surface area (Å²) in [6, 6.07) is 5.11. The molecule has 2 rings (SSSR count). The number of hydrogen-bond donors (Lipinski definition) is 1. The second kappa shape index (κ2) is 7.58. The first-order valence-corrected chi connectivity index (χ1v) is 9.99. The lowest BCUT2D eigenvalue weighted by atomic mass is 10.2. The average molecular weight is 461 g/mol. The van der Waals surface area contributed by atoms with E-state index < -0.39 is 10.0 Å². The molecule has 0 fully saturated rings. The van der Waals surface area contributed by atoms with E-state index in [9.17, 15) is 8.42 Å². The highest BCUT2D eigenvalue weighted by Crippen LogP contribution is 2.42. The van der Waals surface area contributed by atoms with Gasteiger partial charge in [0.25, 0.3) is 0 Å². The highest BCUT2D eigenvalue weighted by Gasteiger charge is 2.26. The number of methoxy groups -OCH3 is 2. The summed E-state index contributed by atoms with van der Waals surface area (Å²) in [5, 5.41) is 0. The Morgan fingerprint density at radius 1 is 1.22 bits per heavy atom. The maximum absolute atomic E-state index is 12.4. The molecule has 10 heteroatoms. The van der Waals surface area contributed by atoms with Crippen LogP contribution in [-0.2, 0) is 16.6 Å². The molecule has 1 N–H and O–H groups in total. The number of benzene rings is 1. The normalized spacial score (nSPS) is 11.5. The molecule has 0 atom stereocenters. The molecule has 126 valence electrons. The van der Waals surface area contributed by atoms with Crippen molar-refractivity contribution in [2.75, 3.05) is 14.2 Å². The van der Waals surface area contributed by atoms with Gasteiger partial charge in [0.05, 0.1) is 18.7 Å². The summed E-state index contributed by atoms with van der Waals surface area (Å²) in [6.45, 7) is 0.0335. The molecule has 0 aliphatic heterocycles. The SMILES string of the molecule is COc1ccc(CNS(=O)(=O)c2c(Cl)sc(Cl)c2Br)c(OC)c1. The minimum atomic E-state index is -3.83. The summed E-state index contributed by atoms with van der Waals surface area (Å²) in [6.07, 6.45) is 0. The van der Waals surface area contributed by atoms with Crippen LogP contribution in [0.5, 0.6) is 11.5 Å². The van der Waals surface area contributed by atoms with Crippen LogP contribution in [0.15, 0.2) is 27.6 Å². The van der Waals surface area contributed by atoms with Gasteiger partial charge in [-0.25, -0.2) is 13.1 Å². The Morgan fingerprint density at radius 2 is 1.91 bits per heavy atom.